The average Bonchev–Trinajstić information content (AvgIpc) is 2.79. The zero-order valence-corrected chi connectivity index (χ0v) is 18.6. The molecule has 0 radical (unpaired) electrons. The van der Waals surface area contributed by atoms with Crippen LogP contribution in [0.2, 0.25) is 0 Å². The highest BCUT2D eigenvalue weighted by atomic mass is 32.2. The molecule has 1 aromatic heterocycles. The van der Waals surface area contributed by atoms with E-state index in [0.29, 0.717) is 28.2 Å². The van der Waals surface area contributed by atoms with Gasteiger partial charge in [0.1, 0.15) is 11.5 Å². The van der Waals surface area contributed by atoms with E-state index in [4.69, 9.17) is 9.47 Å². The molecule has 0 bridgehead atoms. The lowest BCUT2D eigenvalue weighted by molar-refractivity contribution is 0.395. The molecule has 8 nitrogen and oxygen atoms in total. The van der Waals surface area contributed by atoms with Crippen LogP contribution in [0.25, 0.3) is 11.0 Å². The quantitative estimate of drug-likeness (QED) is 0.427. The van der Waals surface area contributed by atoms with Gasteiger partial charge in [0.15, 0.2) is 11.6 Å². The third-order valence-corrected chi connectivity index (χ3v) is 6.05. The number of aromatic nitrogens is 2. The summed E-state index contributed by atoms with van der Waals surface area (Å²) in [6.45, 7) is 1.83. The Kier molecular flexibility index (Phi) is 5.83. The Balaban J connectivity index is 1.79. The molecule has 4 rings (SSSR count). The maximum atomic E-state index is 13.0. The minimum atomic E-state index is -3.89. The number of rotatable bonds is 7. The first-order valence-corrected chi connectivity index (χ1v) is 11.2. The van der Waals surface area contributed by atoms with E-state index in [1.54, 1.807) is 56.7 Å². The number of nitrogens with one attached hydrogen (secondary N) is 2. The summed E-state index contributed by atoms with van der Waals surface area (Å²) >= 11 is 0. The van der Waals surface area contributed by atoms with Crippen molar-refractivity contribution >= 4 is 38.4 Å². The lowest BCUT2D eigenvalue weighted by Crippen LogP contribution is -2.16. The summed E-state index contributed by atoms with van der Waals surface area (Å²) in [7, 11) is -0.784. The summed E-state index contributed by atoms with van der Waals surface area (Å²) < 4.78 is 39.3. The first-order chi connectivity index (χ1) is 15.4. The highest BCUT2D eigenvalue weighted by Crippen LogP contribution is 2.31. The van der Waals surface area contributed by atoms with E-state index < -0.39 is 10.0 Å². The molecule has 0 saturated heterocycles. The summed E-state index contributed by atoms with van der Waals surface area (Å²) in [6, 6.07) is 19.1. The number of benzene rings is 3. The van der Waals surface area contributed by atoms with Crippen molar-refractivity contribution in [2.24, 2.45) is 0 Å². The Hall–Kier alpha value is -3.85. The van der Waals surface area contributed by atoms with Gasteiger partial charge in [-0.2, -0.15) is 0 Å². The molecule has 164 valence electrons. The topological polar surface area (TPSA) is 102 Å². The van der Waals surface area contributed by atoms with Gasteiger partial charge >= 0.3 is 0 Å². The van der Waals surface area contributed by atoms with Crippen molar-refractivity contribution < 1.29 is 17.9 Å². The van der Waals surface area contributed by atoms with Crippen LogP contribution in [0.5, 0.6) is 11.5 Å². The molecule has 0 atom stereocenters. The lowest BCUT2D eigenvalue weighted by Gasteiger charge is -2.15. The molecule has 0 spiro atoms. The van der Waals surface area contributed by atoms with Gasteiger partial charge in [0.25, 0.3) is 10.0 Å². The van der Waals surface area contributed by atoms with Gasteiger partial charge in [-0.05, 0) is 36.8 Å². The Bertz CT molecular complexity index is 1370. The Morgan fingerprint density at radius 2 is 1.41 bits per heavy atom. The second-order valence-electron chi connectivity index (χ2n) is 7.06. The van der Waals surface area contributed by atoms with Crippen molar-refractivity contribution in [2.45, 2.75) is 11.8 Å². The summed E-state index contributed by atoms with van der Waals surface area (Å²) in [5, 5.41) is 3.14. The van der Waals surface area contributed by atoms with Gasteiger partial charge < -0.3 is 14.8 Å². The molecule has 0 unspecified atom stereocenters. The van der Waals surface area contributed by atoms with E-state index in [-0.39, 0.29) is 16.5 Å². The van der Waals surface area contributed by atoms with E-state index in [2.05, 4.69) is 20.0 Å². The van der Waals surface area contributed by atoms with E-state index in [1.807, 2.05) is 25.1 Å². The number of para-hydroxylation sites is 2. The molecule has 0 fully saturated rings. The smallest absolute Gasteiger partial charge is 0.263 e. The molecule has 0 amide bonds. The molecule has 2 N–H and O–H groups in total. The minimum absolute atomic E-state index is 0.0759. The van der Waals surface area contributed by atoms with Crippen molar-refractivity contribution in [3.05, 3.63) is 72.3 Å². The van der Waals surface area contributed by atoms with E-state index in [1.165, 1.54) is 6.07 Å². The SMILES string of the molecule is COc1cc(Nc2nc3ccccc3nc2NS(=O)(=O)c2cccc(C)c2)cc(OC)c1. The van der Waals surface area contributed by atoms with Crippen LogP contribution < -0.4 is 19.5 Å². The number of hydrogen-bond donors (Lipinski definition) is 2. The molecule has 1 heterocycles. The third kappa shape index (κ3) is 4.57. The average molecular weight is 451 g/mol. The molecular formula is C23H22N4O4S. The second kappa shape index (κ2) is 8.72. The Morgan fingerprint density at radius 3 is 2.00 bits per heavy atom. The van der Waals surface area contributed by atoms with Gasteiger partial charge in [0.05, 0.1) is 30.1 Å². The summed E-state index contributed by atoms with van der Waals surface area (Å²) in [5.74, 6) is 1.47. The number of sulfonamides is 1. The standard InChI is InChI=1S/C23H22N4O4S/c1-15-7-6-8-19(11-15)32(28,29)27-23-22(25-20-9-4-5-10-21(20)26-23)24-16-12-17(30-2)14-18(13-16)31-3/h4-14H,1-3H3,(H,24,25)(H,26,27). The van der Waals surface area contributed by atoms with Crippen LogP contribution in [-0.4, -0.2) is 32.6 Å². The zero-order valence-electron chi connectivity index (χ0n) is 17.8. The highest BCUT2D eigenvalue weighted by Gasteiger charge is 2.19. The molecule has 3 aromatic carbocycles. The number of ether oxygens (including phenoxy) is 2. The van der Waals surface area contributed by atoms with Gasteiger partial charge in [-0.3, -0.25) is 4.72 Å². The van der Waals surface area contributed by atoms with Crippen LogP contribution in [0.1, 0.15) is 5.56 Å². The van der Waals surface area contributed by atoms with Gasteiger partial charge in [-0.1, -0.05) is 24.3 Å². The lowest BCUT2D eigenvalue weighted by atomic mass is 10.2. The molecule has 0 aliphatic rings. The molecule has 32 heavy (non-hydrogen) atoms. The Morgan fingerprint density at radius 1 is 0.781 bits per heavy atom. The Labute approximate surface area is 186 Å². The number of methoxy groups -OCH3 is 2. The van der Waals surface area contributed by atoms with Crippen LogP contribution in [0, 0.1) is 6.92 Å². The molecule has 9 heteroatoms. The third-order valence-electron chi connectivity index (χ3n) is 4.72. The molecular weight excluding hydrogens is 428 g/mol. The van der Waals surface area contributed by atoms with Crippen LogP contribution in [0.15, 0.2) is 71.6 Å². The van der Waals surface area contributed by atoms with Crippen LogP contribution in [0.4, 0.5) is 17.3 Å². The fourth-order valence-electron chi connectivity index (χ4n) is 3.14. The number of hydrogen-bond acceptors (Lipinski definition) is 7. The molecule has 0 aliphatic carbocycles. The fraction of sp³-hybridized carbons (Fsp3) is 0.130. The van der Waals surface area contributed by atoms with E-state index >= 15 is 0 Å². The van der Waals surface area contributed by atoms with Gasteiger partial charge in [-0.15, -0.1) is 0 Å². The predicted molar refractivity (Wildman–Crippen MR) is 124 cm³/mol. The monoisotopic (exact) mass is 450 g/mol. The van der Waals surface area contributed by atoms with E-state index in [9.17, 15) is 8.42 Å². The highest BCUT2D eigenvalue weighted by molar-refractivity contribution is 7.92. The maximum Gasteiger partial charge on any atom is 0.263 e. The zero-order chi connectivity index (χ0) is 22.7. The van der Waals surface area contributed by atoms with Crippen LogP contribution >= 0.6 is 0 Å². The normalized spacial score (nSPS) is 11.2. The van der Waals surface area contributed by atoms with Crippen LogP contribution in [-0.2, 0) is 10.0 Å². The number of fused-ring (bicyclic) bond motifs is 1. The molecule has 0 saturated carbocycles. The van der Waals surface area contributed by atoms with Gasteiger partial charge in [0, 0.05) is 23.9 Å². The molecule has 4 aromatic rings. The predicted octanol–water partition coefficient (Wildman–Crippen LogP) is 4.50. The van der Waals surface area contributed by atoms with Crippen molar-refractivity contribution in [1.82, 2.24) is 9.97 Å². The minimum Gasteiger partial charge on any atom is -0.497 e. The van der Waals surface area contributed by atoms with Gasteiger partial charge in [-0.25, -0.2) is 18.4 Å². The van der Waals surface area contributed by atoms with Crippen LogP contribution in [0.3, 0.4) is 0 Å². The number of nitrogens with zero attached hydrogens (tertiary/aromatic N) is 2. The maximum absolute atomic E-state index is 13.0. The van der Waals surface area contributed by atoms with E-state index in [0.717, 1.165) is 5.56 Å². The van der Waals surface area contributed by atoms with Gasteiger partial charge in [0.2, 0.25) is 0 Å². The first-order valence-electron chi connectivity index (χ1n) is 9.74. The number of anilines is 3. The van der Waals surface area contributed by atoms with Crippen molar-refractivity contribution in [3.63, 3.8) is 0 Å². The summed E-state index contributed by atoms with van der Waals surface area (Å²) in [4.78, 5) is 9.25. The largest absolute Gasteiger partial charge is 0.497 e. The van der Waals surface area contributed by atoms with Crippen molar-refractivity contribution in [3.8, 4) is 11.5 Å². The summed E-state index contributed by atoms with van der Waals surface area (Å²) in [6.07, 6.45) is 0. The van der Waals surface area contributed by atoms with Crippen molar-refractivity contribution in [2.75, 3.05) is 24.3 Å². The molecule has 0 aliphatic heterocycles. The second-order valence-corrected chi connectivity index (χ2v) is 8.74. The summed E-state index contributed by atoms with van der Waals surface area (Å²) in [5.41, 5.74) is 2.60. The number of aryl methyl sites for hydroxylation is 1. The van der Waals surface area contributed by atoms with Crippen molar-refractivity contribution in [1.29, 1.82) is 0 Å². The fourth-order valence-corrected chi connectivity index (χ4v) is 4.26. The first kappa shape index (κ1) is 21.4.